The number of aromatic nitrogens is 3. The largest absolute Gasteiger partial charge is 0.342 e. The van der Waals surface area contributed by atoms with Gasteiger partial charge in [0.2, 0.25) is 0 Å². The first-order chi connectivity index (χ1) is 15.3. The van der Waals surface area contributed by atoms with Crippen LogP contribution in [0.1, 0.15) is 58.9 Å². The summed E-state index contributed by atoms with van der Waals surface area (Å²) in [5, 5.41) is 12.5. The van der Waals surface area contributed by atoms with Crippen molar-refractivity contribution in [2.24, 2.45) is 5.92 Å². The number of ketones is 1. The summed E-state index contributed by atoms with van der Waals surface area (Å²) in [4.78, 5) is 25.4. The molecule has 0 aliphatic rings. The van der Waals surface area contributed by atoms with Crippen molar-refractivity contribution in [3.63, 3.8) is 0 Å². The minimum absolute atomic E-state index is 0.0304. The first kappa shape index (κ1) is 24.2. The molecule has 0 spiro atoms. The zero-order chi connectivity index (χ0) is 23.3. The molecule has 1 heterocycles. The van der Waals surface area contributed by atoms with Gasteiger partial charge in [0.1, 0.15) is 0 Å². The van der Waals surface area contributed by atoms with Crippen LogP contribution in [-0.4, -0.2) is 32.2 Å². The maximum Gasteiger partial charge on any atom is 0.251 e. The van der Waals surface area contributed by atoms with Gasteiger partial charge in [-0.2, -0.15) is 0 Å². The topological polar surface area (TPSA) is 76.9 Å². The van der Waals surface area contributed by atoms with Crippen molar-refractivity contribution in [2.45, 2.75) is 45.4 Å². The Kier molecular flexibility index (Phi) is 8.26. The van der Waals surface area contributed by atoms with Gasteiger partial charge in [-0.3, -0.25) is 9.59 Å². The Morgan fingerprint density at radius 1 is 1.09 bits per heavy atom. The van der Waals surface area contributed by atoms with Crippen LogP contribution in [0.25, 0.3) is 0 Å². The molecular weight excluding hydrogens is 488 g/mol. The summed E-state index contributed by atoms with van der Waals surface area (Å²) in [6.07, 6.45) is 0. The lowest BCUT2D eigenvalue weighted by molar-refractivity contribution is 0.0921. The minimum Gasteiger partial charge on any atom is -0.342 e. The van der Waals surface area contributed by atoms with E-state index in [4.69, 9.17) is 0 Å². The maximum atomic E-state index is 12.9. The van der Waals surface area contributed by atoms with Crippen molar-refractivity contribution in [1.82, 2.24) is 20.1 Å². The minimum atomic E-state index is -0.299. The van der Waals surface area contributed by atoms with Gasteiger partial charge in [-0.15, -0.1) is 10.2 Å². The van der Waals surface area contributed by atoms with E-state index in [1.165, 1.54) is 11.8 Å². The van der Waals surface area contributed by atoms with Crippen LogP contribution >= 0.6 is 27.7 Å². The van der Waals surface area contributed by atoms with E-state index >= 15 is 0 Å². The number of nitrogens with zero attached hydrogens (tertiary/aromatic N) is 3. The third kappa shape index (κ3) is 5.86. The predicted molar refractivity (Wildman–Crippen MR) is 131 cm³/mol. The van der Waals surface area contributed by atoms with E-state index in [1.807, 2.05) is 62.6 Å². The smallest absolute Gasteiger partial charge is 0.251 e. The van der Waals surface area contributed by atoms with Crippen molar-refractivity contribution in [3.05, 3.63) is 75.5 Å². The Labute approximate surface area is 201 Å². The number of hydrogen-bond acceptors (Lipinski definition) is 5. The summed E-state index contributed by atoms with van der Waals surface area (Å²) in [6.45, 7) is 8.69. The summed E-state index contributed by atoms with van der Waals surface area (Å²) in [5.41, 5.74) is 2.31. The highest BCUT2D eigenvalue weighted by atomic mass is 79.9. The van der Waals surface area contributed by atoms with Gasteiger partial charge in [-0.05, 0) is 44.0 Å². The molecule has 0 aliphatic carbocycles. The average Bonchev–Trinajstić information content (AvgIpc) is 3.18. The molecule has 32 heavy (non-hydrogen) atoms. The molecule has 0 saturated carbocycles. The molecule has 1 aromatic heterocycles. The van der Waals surface area contributed by atoms with E-state index < -0.39 is 0 Å². The molecule has 6 nitrogen and oxygen atoms in total. The third-order valence-corrected chi connectivity index (χ3v) is 6.57. The Morgan fingerprint density at radius 2 is 1.81 bits per heavy atom. The maximum absolute atomic E-state index is 12.9. The first-order valence-corrected chi connectivity index (χ1v) is 12.3. The van der Waals surface area contributed by atoms with E-state index in [9.17, 15) is 9.59 Å². The van der Waals surface area contributed by atoms with Crippen molar-refractivity contribution in [2.75, 3.05) is 5.75 Å². The number of halogens is 1. The summed E-state index contributed by atoms with van der Waals surface area (Å²) >= 11 is 4.75. The number of carbonyl (C=O) groups is 2. The first-order valence-electron chi connectivity index (χ1n) is 10.5. The Balaban J connectivity index is 1.76. The fraction of sp³-hybridized carbons (Fsp3) is 0.333. The van der Waals surface area contributed by atoms with Crippen LogP contribution in [0.4, 0.5) is 0 Å². The second-order valence-electron chi connectivity index (χ2n) is 7.87. The molecule has 3 rings (SSSR count). The second-order valence-corrected chi connectivity index (χ2v) is 9.73. The number of aryl methyl sites for hydroxylation is 1. The predicted octanol–water partition coefficient (Wildman–Crippen LogP) is 5.47. The normalized spacial score (nSPS) is 12.1. The van der Waals surface area contributed by atoms with E-state index in [2.05, 4.69) is 31.4 Å². The molecule has 0 radical (unpaired) electrons. The van der Waals surface area contributed by atoms with Gasteiger partial charge in [0.25, 0.3) is 5.91 Å². The molecule has 1 N–H and O–H groups in total. The summed E-state index contributed by atoms with van der Waals surface area (Å²) in [7, 11) is 0. The molecule has 0 unspecified atom stereocenters. The Bertz CT molecular complexity index is 1100. The van der Waals surface area contributed by atoms with Crippen molar-refractivity contribution in [1.29, 1.82) is 0 Å². The number of Topliss-reactive ketones (excluding diaryl/α,β-unsaturated/α-hetero) is 1. The molecule has 2 aromatic carbocycles. The van der Waals surface area contributed by atoms with Crippen LogP contribution in [0.3, 0.4) is 0 Å². The van der Waals surface area contributed by atoms with E-state index in [0.717, 1.165) is 10.0 Å². The quantitative estimate of drug-likeness (QED) is 0.302. The fourth-order valence-corrected chi connectivity index (χ4v) is 4.49. The fourth-order valence-electron chi connectivity index (χ4n) is 3.32. The van der Waals surface area contributed by atoms with Crippen LogP contribution < -0.4 is 5.32 Å². The lowest BCUT2D eigenvalue weighted by atomic mass is 10.0. The van der Waals surface area contributed by atoms with Crippen LogP contribution in [0.5, 0.6) is 0 Å². The molecular formula is C24H27BrN4O2S. The van der Waals surface area contributed by atoms with Gasteiger partial charge >= 0.3 is 0 Å². The van der Waals surface area contributed by atoms with Gasteiger partial charge in [0.05, 0.1) is 11.8 Å². The molecule has 8 heteroatoms. The summed E-state index contributed by atoms with van der Waals surface area (Å²) in [6, 6.07) is 14.5. The SMILES string of the molecule is CCn1c(SCC(=O)c2ccc(Br)cc2)nnc1[C@@H](NC(=O)c1cccc(C)c1)C(C)C. The molecule has 1 amide bonds. The highest BCUT2D eigenvalue weighted by Crippen LogP contribution is 2.26. The molecule has 3 aromatic rings. The Hall–Kier alpha value is -2.45. The van der Waals surface area contributed by atoms with E-state index in [-0.39, 0.29) is 29.4 Å². The van der Waals surface area contributed by atoms with Gasteiger partial charge < -0.3 is 9.88 Å². The van der Waals surface area contributed by atoms with Crippen molar-refractivity contribution >= 4 is 39.4 Å². The summed E-state index contributed by atoms with van der Waals surface area (Å²) < 4.78 is 2.91. The van der Waals surface area contributed by atoms with E-state index in [1.54, 1.807) is 18.2 Å². The molecule has 0 fully saturated rings. The van der Waals surface area contributed by atoms with E-state index in [0.29, 0.717) is 28.7 Å². The lowest BCUT2D eigenvalue weighted by Crippen LogP contribution is -2.33. The van der Waals surface area contributed by atoms with Gasteiger partial charge in [0.15, 0.2) is 16.8 Å². The highest BCUT2D eigenvalue weighted by molar-refractivity contribution is 9.10. The molecule has 0 bridgehead atoms. The van der Waals surface area contributed by atoms with Crippen molar-refractivity contribution < 1.29 is 9.59 Å². The monoisotopic (exact) mass is 514 g/mol. The number of rotatable bonds is 9. The number of carbonyl (C=O) groups excluding carboxylic acids is 2. The number of amides is 1. The van der Waals surface area contributed by atoms with Crippen LogP contribution in [-0.2, 0) is 6.54 Å². The highest BCUT2D eigenvalue weighted by Gasteiger charge is 2.26. The number of hydrogen-bond donors (Lipinski definition) is 1. The van der Waals surface area contributed by atoms with Crippen LogP contribution in [0, 0.1) is 12.8 Å². The summed E-state index contributed by atoms with van der Waals surface area (Å²) in [5.74, 6) is 0.963. The van der Waals surface area contributed by atoms with Crippen LogP contribution in [0.15, 0.2) is 58.2 Å². The third-order valence-electron chi connectivity index (χ3n) is 5.07. The van der Waals surface area contributed by atoms with Gasteiger partial charge in [-0.25, -0.2) is 0 Å². The van der Waals surface area contributed by atoms with Gasteiger partial charge in [0, 0.05) is 22.1 Å². The number of thioether (sulfide) groups is 1. The zero-order valence-electron chi connectivity index (χ0n) is 18.6. The second kappa shape index (κ2) is 10.9. The molecule has 1 atom stereocenters. The molecule has 0 aliphatic heterocycles. The number of nitrogens with one attached hydrogen (secondary N) is 1. The van der Waals surface area contributed by atoms with Crippen LogP contribution in [0.2, 0.25) is 0 Å². The number of benzene rings is 2. The molecule has 168 valence electrons. The molecule has 0 saturated heterocycles. The lowest BCUT2D eigenvalue weighted by Gasteiger charge is -2.22. The van der Waals surface area contributed by atoms with Crippen molar-refractivity contribution in [3.8, 4) is 0 Å². The average molecular weight is 515 g/mol. The standard InChI is InChI=1S/C24H27BrN4O2S/c1-5-29-22(21(15(2)3)26-23(31)18-8-6-7-16(4)13-18)27-28-24(29)32-14-20(30)17-9-11-19(25)12-10-17/h6-13,15,21H,5,14H2,1-4H3,(H,26,31)/t21-/m0/s1. The zero-order valence-corrected chi connectivity index (χ0v) is 21.0. The Morgan fingerprint density at radius 3 is 2.44 bits per heavy atom. The van der Waals surface area contributed by atoms with Gasteiger partial charge in [-0.1, -0.05) is 71.4 Å².